The van der Waals surface area contributed by atoms with Gasteiger partial charge in [-0.3, -0.25) is 4.79 Å². The highest BCUT2D eigenvalue weighted by molar-refractivity contribution is 5.73. The summed E-state index contributed by atoms with van der Waals surface area (Å²) >= 11 is 0. The molecular weight excluding hydrogens is 244 g/mol. The van der Waals surface area contributed by atoms with E-state index in [0.717, 1.165) is 13.0 Å². The molecule has 0 saturated heterocycles. The van der Waals surface area contributed by atoms with Crippen LogP contribution in [-0.4, -0.2) is 27.2 Å². The van der Waals surface area contributed by atoms with Gasteiger partial charge in [-0.15, -0.1) is 0 Å². The fourth-order valence-corrected chi connectivity index (χ4v) is 2.19. The Morgan fingerprint density at radius 3 is 2.68 bits per heavy atom. The number of aliphatic hydroxyl groups excluding tert-OH is 1. The first kappa shape index (κ1) is 15.7. The monoisotopic (exact) mass is 268 g/mol. The number of hydrogen-bond donors (Lipinski definition) is 1. The van der Waals surface area contributed by atoms with E-state index in [1.165, 1.54) is 0 Å². The first-order valence-corrected chi connectivity index (χ1v) is 6.87. The zero-order valence-corrected chi connectivity index (χ0v) is 12.2. The molecule has 0 aliphatic heterocycles. The lowest BCUT2D eigenvalue weighted by atomic mass is 9.88. The molecule has 19 heavy (non-hydrogen) atoms. The molecule has 0 aromatic carbocycles. The number of carbonyl (C=O) groups is 1. The number of aromatic nitrogens is 2. The van der Waals surface area contributed by atoms with Crippen LogP contribution in [0.3, 0.4) is 0 Å². The number of imidazole rings is 1. The maximum atomic E-state index is 12.0. The number of carbonyl (C=O) groups excluding carboxylic acids is 1. The van der Waals surface area contributed by atoms with E-state index >= 15 is 0 Å². The van der Waals surface area contributed by atoms with Crippen LogP contribution >= 0.6 is 0 Å². The molecule has 0 aliphatic carbocycles. The lowest BCUT2D eigenvalue weighted by molar-refractivity contribution is -0.154. The van der Waals surface area contributed by atoms with Crippen LogP contribution in [0, 0.1) is 11.8 Å². The highest BCUT2D eigenvalue weighted by Gasteiger charge is 2.33. The minimum absolute atomic E-state index is 0.000901. The molecule has 5 heteroatoms. The molecule has 0 bridgehead atoms. The largest absolute Gasteiger partial charge is 0.466 e. The maximum absolute atomic E-state index is 12.0. The van der Waals surface area contributed by atoms with Crippen LogP contribution in [-0.2, 0) is 16.1 Å². The van der Waals surface area contributed by atoms with E-state index in [1.54, 1.807) is 19.4 Å². The van der Waals surface area contributed by atoms with Crippen molar-refractivity contribution in [1.82, 2.24) is 9.55 Å². The van der Waals surface area contributed by atoms with Crippen molar-refractivity contribution in [1.29, 1.82) is 0 Å². The molecule has 0 fully saturated rings. The summed E-state index contributed by atoms with van der Waals surface area (Å²) < 4.78 is 6.94. The Kier molecular flexibility index (Phi) is 6.02. The number of aliphatic hydroxyl groups is 1. The van der Waals surface area contributed by atoms with Crippen molar-refractivity contribution in [3.63, 3.8) is 0 Å². The van der Waals surface area contributed by atoms with E-state index in [0.29, 0.717) is 12.3 Å². The highest BCUT2D eigenvalue weighted by atomic mass is 16.5. The van der Waals surface area contributed by atoms with Crippen LogP contribution < -0.4 is 0 Å². The molecule has 2 atom stereocenters. The molecule has 5 nitrogen and oxygen atoms in total. The molecule has 0 spiro atoms. The molecule has 0 aliphatic rings. The quantitative estimate of drug-likeness (QED) is 0.770. The molecule has 0 radical (unpaired) electrons. The van der Waals surface area contributed by atoms with E-state index in [9.17, 15) is 9.90 Å². The minimum Gasteiger partial charge on any atom is -0.466 e. The summed E-state index contributed by atoms with van der Waals surface area (Å²) in [5.74, 6) is -0.916. The van der Waals surface area contributed by atoms with Crippen molar-refractivity contribution in [2.24, 2.45) is 11.8 Å². The van der Waals surface area contributed by atoms with E-state index in [1.807, 2.05) is 18.4 Å². The van der Waals surface area contributed by atoms with Crippen molar-refractivity contribution in [2.75, 3.05) is 6.61 Å². The third kappa shape index (κ3) is 3.80. The number of esters is 1. The van der Waals surface area contributed by atoms with Gasteiger partial charge in [0.2, 0.25) is 0 Å². The summed E-state index contributed by atoms with van der Waals surface area (Å²) in [6, 6.07) is 0. The van der Waals surface area contributed by atoms with Gasteiger partial charge < -0.3 is 14.4 Å². The Balaban J connectivity index is 2.95. The number of nitrogens with zero attached hydrogens (tertiary/aromatic N) is 2. The molecule has 0 amide bonds. The maximum Gasteiger partial charge on any atom is 0.312 e. The summed E-state index contributed by atoms with van der Waals surface area (Å²) in [4.78, 5) is 16.0. The second-order valence-corrected chi connectivity index (χ2v) is 4.98. The zero-order valence-electron chi connectivity index (χ0n) is 12.2. The first-order chi connectivity index (χ1) is 9.02. The first-order valence-electron chi connectivity index (χ1n) is 6.87. The fourth-order valence-electron chi connectivity index (χ4n) is 2.19. The number of aryl methyl sites for hydroxylation is 1. The van der Waals surface area contributed by atoms with E-state index in [4.69, 9.17) is 4.74 Å². The van der Waals surface area contributed by atoms with Gasteiger partial charge in [-0.2, -0.15) is 0 Å². The molecule has 1 aromatic heterocycles. The summed E-state index contributed by atoms with van der Waals surface area (Å²) in [5.41, 5.74) is 0.675. The molecule has 108 valence electrons. The van der Waals surface area contributed by atoms with Crippen molar-refractivity contribution < 1.29 is 14.6 Å². The zero-order chi connectivity index (χ0) is 14.4. The predicted molar refractivity (Wildman–Crippen MR) is 72.4 cm³/mol. The van der Waals surface area contributed by atoms with Gasteiger partial charge in [-0.05, 0) is 19.3 Å². The topological polar surface area (TPSA) is 64.3 Å². The van der Waals surface area contributed by atoms with Crippen molar-refractivity contribution >= 4 is 5.97 Å². The van der Waals surface area contributed by atoms with Gasteiger partial charge in [0, 0.05) is 6.54 Å². The average molecular weight is 268 g/mol. The standard InChI is InChI=1S/C14H24N2O3/c1-5-7-16-9-15-8-11(16)13(17)12(10(3)4)14(18)19-6-2/h8-10,12-13,17H,5-7H2,1-4H3. The third-order valence-electron chi connectivity index (χ3n) is 3.13. The van der Waals surface area contributed by atoms with Crippen molar-refractivity contribution in [3.8, 4) is 0 Å². The number of rotatable bonds is 7. The van der Waals surface area contributed by atoms with Gasteiger partial charge in [-0.1, -0.05) is 20.8 Å². The van der Waals surface area contributed by atoms with Crippen LogP contribution in [0.4, 0.5) is 0 Å². The second kappa shape index (κ2) is 7.28. The lowest BCUT2D eigenvalue weighted by Gasteiger charge is -2.25. The Hall–Kier alpha value is -1.36. The van der Waals surface area contributed by atoms with Gasteiger partial charge in [0.15, 0.2) is 0 Å². The summed E-state index contributed by atoms with van der Waals surface area (Å²) in [5, 5.41) is 10.5. The molecule has 1 heterocycles. The average Bonchev–Trinajstić information content (AvgIpc) is 2.77. The van der Waals surface area contributed by atoms with Gasteiger partial charge in [0.25, 0.3) is 0 Å². The van der Waals surface area contributed by atoms with Crippen LogP contribution in [0.2, 0.25) is 0 Å². The van der Waals surface area contributed by atoms with Crippen LogP contribution in [0.1, 0.15) is 45.9 Å². The minimum atomic E-state index is -0.881. The van der Waals surface area contributed by atoms with Gasteiger partial charge in [0.05, 0.1) is 30.7 Å². The highest BCUT2D eigenvalue weighted by Crippen LogP contribution is 2.29. The van der Waals surface area contributed by atoms with E-state index in [-0.39, 0.29) is 11.9 Å². The Morgan fingerprint density at radius 1 is 1.47 bits per heavy atom. The molecule has 1 rings (SSSR count). The Bertz CT molecular complexity index is 401. The van der Waals surface area contributed by atoms with Gasteiger partial charge >= 0.3 is 5.97 Å². The smallest absolute Gasteiger partial charge is 0.312 e. The van der Waals surface area contributed by atoms with Crippen LogP contribution in [0.25, 0.3) is 0 Å². The molecule has 1 aromatic rings. The second-order valence-electron chi connectivity index (χ2n) is 4.98. The summed E-state index contributed by atoms with van der Waals surface area (Å²) in [6.45, 7) is 8.74. The Labute approximate surface area is 114 Å². The molecule has 2 unspecified atom stereocenters. The molecule has 1 N–H and O–H groups in total. The lowest BCUT2D eigenvalue weighted by Crippen LogP contribution is -2.30. The van der Waals surface area contributed by atoms with E-state index in [2.05, 4.69) is 11.9 Å². The third-order valence-corrected chi connectivity index (χ3v) is 3.13. The molecular formula is C14H24N2O3. The summed E-state index contributed by atoms with van der Waals surface area (Å²) in [6.07, 6.45) is 3.37. The van der Waals surface area contributed by atoms with Gasteiger partial charge in [-0.25, -0.2) is 4.98 Å². The predicted octanol–water partition coefficient (Wildman–Crippen LogP) is 2.16. The summed E-state index contributed by atoms with van der Waals surface area (Å²) in [7, 11) is 0. The SMILES string of the molecule is CCCn1cncc1C(O)C(C(=O)OCC)C(C)C. The number of ether oxygens (including phenoxy) is 1. The Morgan fingerprint density at radius 2 is 2.16 bits per heavy atom. The van der Waals surface area contributed by atoms with Crippen LogP contribution in [0.15, 0.2) is 12.5 Å². The van der Waals surface area contributed by atoms with Crippen LogP contribution in [0.5, 0.6) is 0 Å². The fraction of sp³-hybridized carbons (Fsp3) is 0.714. The molecule has 0 saturated carbocycles. The normalized spacial score (nSPS) is 14.4. The van der Waals surface area contributed by atoms with Gasteiger partial charge in [0.1, 0.15) is 6.10 Å². The number of hydrogen-bond acceptors (Lipinski definition) is 4. The van der Waals surface area contributed by atoms with E-state index < -0.39 is 12.0 Å². The van der Waals surface area contributed by atoms with Crippen molar-refractivity contribution in [2.45, 2.75) is 46.8 Å². The van der Waals surface area contributed by atoms with Crippen molar-refractivity contribution in [3.05, 3.63) is 18.2 Å².